The molecule has 5 nitrogen and oxygen atoms in total. The van der Waals surface area contributed by atoms with E-state index in [0.717, 1.165) is 44.9 Å². The molecular formula is C32H48O5. The van der Waals surface area contributed by atoms with Crippen LogP contribution in [0.4, 0.5) is 0 Å². The highest BCUT2D eigenvalue weighted by Gasteiger charge is 2.70. The molecule has 9 atom stereocenters. The van der Waals surface area contributed by atoms with E-state index in [2.05, 4.69) is 41.5 Å². The van der Waals surface area contributed by atoms with Gasteiger partial charge in [-0.2, -0.15) is 0 Å². The summed E-state index contributed by atoms with van der Waals surface area (Å²) in [5, 5.41) is 10.1. The van der Waals surface area contributed by atoms with E-state index < -0.39 is 11.4 Å². The molecule has 0 radical (unpaired) electrons. The Balaban J connectivity index is 1.58. The summed E-state index contributed by atoms with van der Waals surface area (Å²) in [6.45, 7) is 17.4. The fourth-order valence-electron chi connectivity index (χ4n) is 10.8. The summed E-state index contributed by atoms with van der Waals surface area (Å²) in [5.74, 6) is -0.280. The summed E-state index contributed by atoms with van der Waals surface area (Å²) in [4.78, 5) is 38.5. The van der Waals surface area contributed by atoms with Crippen LogP contribution in [0.1, 0.15) is 113 Å². The summed E-state index contributed by atoms with van der Waals surface area (Å²) in [5.41, 5.74) is -0.0327. The van der Waals surface area contributed by atoms with Crippen molar-refractivity contribution in [1.82, 2.24) is 0 Å². The third-order valence-corrected chi connectivity index (χ3v) is 13.3. The molecule has 206 valence electrons. The number of carboxylic acids is 1. The Bertz CT molecular complexity index is 1070. The van der Waals surface area contributed by atoms with Gasteiger partial charge in [0.15, 0.2) is 5.78 Å². The maximum atomic E-state index is 14.4. The molecule has 0 saturated heterocycles. The molecule has 37 heavy (non-hydrogen) atoms. The summed E-state index contributed by atoms with van der Waals surface area (Å²) in [6.07, 6.45) is 10.0. The van der Waals surface area contributed by atoms with Gasteiger partial charge < -0.3 is 9.84 Å². The van der Waals surface area contributed by atoms with Crippen molar-refractivity contribution in [2.24, 2.45) is 50.2 Å². The third kappa shape index (κ3) is 3.43. The normalized spacial score (nSPS) is 50.5. The van der Waals surface area contributed by atoms with Crippen molar-refractivity contribution in [2.45, 2.75) is 119 Å². The molecular weight excluding hydrogens is 464 g/mol. The largest absolute Gasteiger partial charge is 0.481 e. The Morgan fingerprint density at radius 3 is 2.19 bits per heavy atom. The maximum Gasteiger partial charge on any atom is 0.309 e. The van der Waals surface area contributed by atoms with E-state index in [1.165, 1.54) is 12.5 Å². The van der Waals surface area contributed by atoms with Gasteiger partial charge in [0, 0.05) is 18.3 Å². The summed E-state index contributed by atoms with van der Waals surface area (Å²) in [7, 11) is 0. The van der Waals surface area contributed by atoms with E-state index in [9.17, 15) is 19.5 Å². The van der Waals surface area contributed by atoms with E-state index in [-0.39, 0.29) is 56.8 Å². The number of carboxylic acid groups (broad SMARTS) is 1. The predicted octanol–water partition coefficient (Wildman–Crippen LogP) is 6.98. The van der Waals surface area contributed by atoms with Gasteiger partial charge in [0.2, 0.25) is 0 Å². The van der Waals surface area contributed by atoms with Gasteiger partial charge in [0.1, 0.15) is 6.10 Å². The van der Waals surface area contributed by atoms with E-state index in [1.807, 2.05) is 13.0 Å². The molecule has 0 aromatic heterocycles. The molecule has 0 bridgehead atoms. The van der Waals surface area contributed by atoms with Gasteiger partial charge in [0.25, 0.3) is 0 Å². The predicted molar refractivity (Wildman–Crippen MR) is 143 cm³/mol. The van der Waals surface area contributed by atoms with Crippen molar-refractivity contribution in [3.63, 3.8) is 0 Å². The van der Waals surface area contributed by atoms with Gasteiger partial charge in [-0.3, -0.25) is 14.4 Å². The van der Waals surface area contributed by atoms with Crippen LogP contribution in [-0.2, 0) is 19.1 Å². The Morgan fingerprint density at radius 2 is 1.57 bits per heavy atom. The van der Waals surface area contributed by atoms with Gasteiger partial charge in [-0.1, -0.05) is 47.1 Å². The number of ketones is 1. The molecule has 0 aromatic rings. The SMILES string of the molecule is CC(=O)O[C@@H]1CC[C@]2(C)[C@H](CC[C@]3(C)[C@@H]2C(=O)C=C2[C@@H]4C[C@](C)(C(=O)O)CC[C@@]4(C)CC[C@]23C)C1(C)C. The number of carbonyl (C=O) groups excluding carboxylic acids is 2. The van der Waals surface area contributed by atoms with Crippen LogP contribution < -0.4 is 0 Å². The number of rotatable bonds is 2. The molecule has 4 saturated carbocycles. The van der Waals surface area contributed by atoms with Gasteiger partial charge in [-0.05, 0) is 104 Å². The molecule has 0 unspecified atom stereocenters. The van der Waals surface area contributed by atoms with Crippen LogP contribution in [0, 0.1) is 50.2 Å². The standard InChI is InChI=1S/C32H48O5/c1-19(33)37-24-10-11-30(6)23(27(24,2)3)9-12-32(8)25(30)22(34)17-20-21-18-29(5,26(35)36)14-13-28(21,4)15-16-31(20,32)7/h17,21,23-25H,9-16,18H2,1-8H3,(H,35,36)/t21-,23+,24+,25+,28-,29+,30+,31+,32+/m0/s1. The van der Waals surface area contributed by atoms with E-state index in [0.29, 0.717) is 18.8 Å². The van der Waals surface area contributed by atoms with Gasteiger partial charge in [-0.15, -0.1) is 0 Å². The Labute approximate surface area is 223 Å². The zero-order valence-electron chi connectivity index (χ0n) is 24.3. The molecule has 4 fully saturated rings. The fraction of sp³-hybridized carbons (Fsp3) is 0.844. The van der Waals surface area contributed by atoms with Crippen molar-refractivity contribution in [2.75, 3.05) is 0 Å². The smallest absolute Gasteiger partial charge is 0.309 e. The molecule has 5 aliphatic carbocycles. The van der Waals surface area contributed by atoms with Crippen LogP contribution in [0.2, 0.25) is 0 Å². The molecule has 0 heterocycles. The Kier molecular flexibility index (Phi) is 5.78. The lowest BCUT2D eigenvalue weighted by Gasteiger charge is -2.70. The van der Waals surface area contributed by atoms with Crippen LogP contribution in [-0.4, -0.2) is 28.9 Å². The minimum absolute atomic E-state index is 0.0644. The zero-order chi connectivity index (χ0) is 27.4. The highest BCUT2D eigenvalue weighted by molar-refractivity contribution is 5.95. The number of allylic oxidation sites excluding steroid dienone is 2. The fourth-order valence-corrected chi connectivity index (χ4v) is 10.8. The van der Waals surface area contributed by atoms with Crippen LogP contribution in [0.3, 0.4) is 0 Å². The monoisotopic (exact) mass is 512 g/mol. The molecule has 5 heteroatoms. The molecule has 0 spiro atoms. The van der Waals surface area contributed by atoms with Crippen LogP contribution in [0.5, 0.6) is 0 Å². The number of aliphatic carboxylic acids is 1. The molecule has 5 aliphatic rings. The minimum Gasteiger partial charge on any atom is -0.481 e. The number of carbonyl (C=O) groups is 3. The highest BCUT2D eigenvalue weighted by Crippen LogP contribution is 2.75. The number of hydrogen-bond donors (Lipinski definition) is 1. The first-order valence-corrected chi connectivity index (χ1v) is 14.6. The Hall–Kier alpha value is -1.65. The zero-order valence-corrected chi connectivity index (χ0v) is 24.3. The van der Waals surface area contributed by atoms with Crippen molar-refractivity contribution in [3.8, 4) is 0 Å². The van der Waals surface area contributed by atoms with Crippen molar-refractivity contribution < 1.29 is 24.2 Å². The lowest BCUT2D eigenvalue weighted by atomic mass is 9.33. The van der Waals surface area contributed by atoms with E-state index >= 15 is 0 Å². The van der Waals surface area contributed by atoms with Gasteiger partial charge in [-0.25, -0.2) is 0 Å². The maximum absolute atomic E-state index is 14.4. The van der Waals surface area contributed by atoms with E-state index in [1.54, 1.807) is 0 Å². The highest BCUT2D eigenvalue weighted by atomic mass is 16.5. The third-order valence-electron chi connectivity index (χ3n) is 13.3. The Morgan fingerprint density at radius 1 is 0.919 bits per heavy atom. The quantitative estimate of drug-likeness (QED) is 0.404. The van der Waals surface area contributed by atoms with Crippen LogP contribution >= 0.6 is 0 Å². The lowest BCUT2D eigenvalue weighted by molar-refractivity contribution is -0.210. The second-order valence-electron chi connectivity index (χ2n) is 15.5. The molecule has 0 aliphatic heterocycles. The van der Waals surface area contributed by atoms with Gasteiger partial charge in [0.05, 0.1) is 5.41 Å². The van der Waals surface area contributed by atoms with E-state index in [4.69, 9.17) is 4.74 Å². The van der Waals surface area contributed by atoms with Gasteiger partial charge >= 0.3 is 11.9 Å². The topological polar surface area (TPSA) is 80.7 Å². The number of esters is 1. The average Bonchev–Trinajstić information content (AvgIpc) is 2.78. The summed E-state index contributed by atoms with van der Waals surface area (Å²) >= 11 is 0. The molecule has 5 rings (SSSR count). The van der Waals surface area contributed by atoms with Crippen molar-refractivity contribution in [3.05, 3.63) is 11.6 Å². The number of fused-ring (bicyclic) bond motifs is 7. The summed E-state index contributed by atoms with van der Waals surface area (Å²) in [6, 6.07) is 0. The average molecular weight is 513 g/mol. The number of ether oxygens (including phenoxy) is 1. The molecule has 1 N–H and O–H groups in total. The summed E-state index contributed by atoms with van der Waals surface area (Å²) < 4.78 is 5.82. The molecule has 0 amide bonds. The minimum atomic E-state index is -0.729. The van der Waals surface area contributed by atoms with Crippen molar-refractivity contribution in [1.29, 1.82) is 0 Å². The first kappa shape index (κ1) is 26.9. The molecule has 0 aromatic carbocycles. The first-order chi connectivity index (χ1) is 16.9. The van der Waals surface area contributed by atoms with Crippen LogP contribution in [0.15, 0.2) is 11.6 Å². The first-order valence-electron chi connectivity index (χ1n) is 14.6. The van der Waals surface area contributed by atoms with Crippen molar-refractivity contribution >= 4 is 17.7 Å². The second-order valence-corrected chi connectivity index (χ2v) is 15.5. The second kappa shape index (κ2) is 7.94. The lowest BCUT2D eigenvalue weighted by Crippen LogP contribution is -2.66. The number of hydrogen-bond acceptors (Lipinski definition) is 4. The van der Waals surface area contributed by atoms with Crippen LogP contribution in [0.25, 0.3) is 0 Å².